The molecule has 2 heteroatoms. The molecule has 67 heavy (non-hydrogen) atoms. The summed E-state index contributed by atoms with van der Waals surface area (Å²) in [4.78, 5) is 0. The standard InChI is InChI=1S/C65H43NS/c1-64(2)52-19-7-3-14-44(52)46-33-30-42(37-56(46)64)62(40-28-26-39(27-29-40)41-32-35-61-51(36-41)49-17-6-12-25-60(49)67-61)43-31-34-47-45-15-4-8-20-53(45)65(57(47)38-43)54-21-9-11-24-59(54)66-58-23-10-5-16-48(58)50-18-13-22-55(65)63(50)66/h3-38,62H,1-2H3. The lowest BCUT2D eigenvalue weighted by molar-refractivity contribution is 0.659. The summed E-state index contributed by atoms with van der Waals surface area (Å²) in [6.45, 7) is 4.80. The Morgan fingerprint density at radius 1 is 0.373 bits per heavy atom. The second-order valence-electron chi connectivity index (χ2n) is 19.5. The largest absolute Gasteiger partial charge is 0.309 e. The van der Waals surface area contributed by atoms with Gasteiger partial charge in [0.15, 0.2) is 0 Å². The molecule has 1 spiro atoms. The van der Waals surface area contributed by atoms with Crippen LogP contribution in [0.25, 0.3) is 81.0 Å². The van der Waals surface area contributed by atoms with E-state index in [0.29, 0.717) is 0 Å². The smallest absolute Gasteiger partial charge is 0.0754 e. The molecule has 3 aliphatic rings. The van der Waals surface area contributed by atoms with Crippen molar-refractivity contribution in [3.63, 3.8) is 0 Å². The zero-order valence-corrected chi connectivity index (χ0v) is 38.0. The average Bonchev–Trinajstić information content (AvgIpc) is 4.08. The van der Waals surface area contributed by atoms with Crippen LogP contribution in [0.3, 0.4) is 0 Å². The normalized spacial score (nSPS) is 16.3. The fraction of sp³-hybridized carbons (Fsp3) is 0.0769. The summed E-state index contributed by atoms with van der Waals surface area (Å²) in [5, 5.41) is 5.25. The molecule has 2 unspecified atom stereocenters. The van der Waals surface area contributed by atoms with E-state index in [1.165, 1.54) is 131 Å². The van der Waals surface area contributed by atoms with Crippen molar-refractivity contribution in [3.05, 3.63) is 268 Å². The maximum Gasteiger partial charge on any atom is 0.0754 e. The van der Waals surface area contributed by atoms with E-state index in [2.05, 4.69) is 237 Å². The van der Waals surface area contributed by atoms with Crippen LogP contribution in [-0.2, 0) is 10.8 Å². The van der Waals surface area contributed by atoms with E-state index in [1.807, 2.05) is 11.3 Å². The number of rotatable bonds is 4. The van der Waals surface area contributed by atoms with Gasteiger partial charge in [0.2, 0.25) is 0 Å². The van der Waals surface area contributed by atoms with Gasteiger partial charge >= 0.3 is 0 Å². The molecule has 1 nitrogen and oxygen atoms in total. The van der Waals surface area contributed by atoms with Crippen molar-refractivity contribution in [2.75, 3.05) is 0 Å². The molecular formula is C65H43NS. The van der Waals surface area contributed by atoms with Gasteiger partial charge in [-0.05, 0) is 114 Å². The van der Waals surface area contributed by atoms with Crippen molar-refractivity contribution in [2.24, 2.45) is 0 Å². The third-order valence-electron chi connectivity index (χ3n) is 15.9. The molecule has 0 amide bonds. The van der Waals surface area contributed by atoms with E-state index in [4.69, 9.17) is 0 Å². The highest BCUT2D eigenvalue weighted by atomic mass is 32.1. The highest BCUT2D eigenvalue weighted by Gasteiger charge is 2.51. The third-order valence-corrected chi connectivity index (χ3v) is 17.1. The van der Waals surface area contributed by atoms with Gasteiger partial charge in [-0.1, -0.05) is 202 Å². The Hall–Kier alpha value is -7.78. The van der Waals surface area contributed by atoms with Crippen LogP contribution in [0.2, 0.25) is 0 Å². The highest BCUT2D eigenvalue weighted by molar-refractivity contribution is 7.25. The maximum absolute atomic E-state index is 2.60. The van der Waals surface area contributed by atoms with Crippen molar-refractivity contribution in [2.45, 2.75) is 30.6 Å². The Bertz CT molecular complexity index is 4080. The van der Waals surface area contributed by atoms with Crippen molar-refractivity contribution < 1.29 is 0 Å². The van der Waals surface area contributed by atoms with Crippen LogP contribution in [0.4, 0.5) is 0 Å². The summed E-state index contributed by atoms with van der Waals surface area (Å²) in [5.41, 5.74) is 23.0. The Labute approximate surface area is 393 Å². The zero-order valence-electron chi connectivity index (χ0n) is 37.2. The van der Waals surface area contributed by atoms with Gasteiger partial charge in [0.05, 0.1) is 22.1 Å². The van der Waals surface area contributed by atoms with E-state index in [1.54, 1.807) is 0 Å². The van der Waals surface area contributed by atoms with Gasteiger partial charge < -0.3 is 4.57 Å². The first-order chi connectivity index (χ1) is 33.0. The minimum absolute atomic E-state index is 0.0192. The average molecular weight is 870 g/mol. The van der Waals surface area contributed by atoms with E-state index < -0.39 is 5.41 Å². The molecule has 2 aromatic heterocycles. The maximum atomic E-state index is 2.60. The van der Waals surface area contributed by atoms with E-state index >= 15 is 0 Å². The van der Waals surface area contributed by atoms with Crippen LogP contribution < -0.4 is 0 Å². The molecule has 0 fully saturated rings. The predicted octanol–water partition coefficient (Wildman–Crippen LogP) is 17.0. The second-order valence-corrected chi connectivity index (χ2v) is 20.6. The molecule has 0 N–H and O–H groups in total. The Balaban J connectivity index is 0.967. The van der Waals surface area contributed by atoms with Gasteiger partial charge in [0.25, 0.3) is 0 Å². The number of benzene rings is 10. The number of fused-ring (bicyclic) bond motifs is 18. The number of thiophene rings is 1. The highest BCUT2D eigenvalue weighted by Crippen LogP contribution is 2.62. The van der Waals surface area contributed by atoms with Crippen LogP contribution in [0, 0.1) is 0 Å². The molecule has 0 radical (unpaired) electrons. The molecule has 0 saturated heterocycles. The zero-order chi connectivity index (χ0) is 44.2. The summed E-state index contributed by atoms with van der Waals surface area (Å²) < 4.78 is 5.21. The van der Waals surface area contributed by atoms with Gasteiger partial charge in [-0.2, -0.15) is 0 Å². The summed E-state index contributed by atoms with van der Waals surface area (Å²) in [6, 6.07) is 83.5. The predicted molar refractivity (Wildman–Crippen MR) is 281 cm³/mol. The molecule has 314 valence electrons. The molecule has 1 aliphatic heterocycles. The monoisotopic (exact) mass is 869 g/mol. The van der Waals surface area contributed by atoms with Crippen molar-refractivity contribution >= 4 is 53.3 Å². The Morgan fingerprint density at radius 3 is 1.76 bits per heavy atom. The molecule has 12 aromatic rings. The first-order valence-electron chi connectivity index (χ1n) is 23.6. The summed E-state index contributed by atoms with van der Waals surface area (Å²) in [5.74, 6) is -0.0192. The molecular weight excluding hydrogens is 827 g/mol. The molecule has 3 heterocycles. The molecule has 10 aromatic carbocycles. The van der Waals surface area contributed by atoms with Crippen LogP contribution in [0.1, 0.15) is 69.8 Å². The van der Waals surface area contributed by atoms with Gasteiger partial charge in [0, 0.05) is 42.3 Å². The fourth-order valence-corrected chi connectivity index (χ4v) is 14.1. The van der Waals surface area contributed by atoms with Crippen molar-refractivity contribution in [1.82, 2.24) is 4.57 Å². The molecule has 15 rings (SSSR count). The SMILES string of the molecule is CC1(C)c2ccccc2-c2ccc(C(c3ccc(-c4ccc5sc6ccccc6c5c4)cc3)c3ccc4c(c3)C3(c5ccccc5-4)c4ccccc4-n4c5ccccc5c5cccc3c54)cc21. The summed E-state index contributed by atoms with van der Waals surface area (Å²) >= 11 is 1.88. The number of hydrogen-bond donors (Lipinski definition) is 0. The van der Waals surface area contributed by atoms with Crippen molar-refractivity contribution in [3.8, 4) is 39.1 Å². The Kier molecular flexibility index (Phi) is 7.49. The molecule has 2 atom stereocenters. The number of aromatic nitrogens is 1. The first kappa shape index (κ1) is 37.4. The van der Waals surface area contributed by atoms with Crippen molar-refractivity contribution in [1.29, 1.82) is 0 Å². The van der Waals surface area contributed by atoms with Crippen LogP contribution in [0.5, 0.6) is 0 Å². The fourth-order valence-electron chi connectivity index (χ4n) is 13.0. The number of para-hydroxylation sites is 3. The van der Waals surface area contributed by atoms with Gasteiger partial charge in [0.1, 0.15) is 0 Å². The number of hydrogen-bond acceptors (Lipinski definition) is 1. The third kappa shape index (κ3) is 4.88. The molecule has 2 aliphatic carbocycles. The number of nitrogens with zero attached hydrogens (tertiary/aromatic N) is 1. The first-order valence-corrected chi connectivity index (χ1v) is 24.4. The summed E-state index contributed by atoms with van der Waals surface area (Å²) in [6.07, 6.45) is 0. The second kappa shape index (κ2) is 13.4. The van der Waals surface area contributed by atoms with Gasteiger partial charge in [-0.3, -0.25) is 0 Å². The summed E-state index contributed by atoms with van der Waals surface area (Å²) in [7, 11) is 0. The van der Waals surface area contributed by atoms with E-state index in [-0.39, 0.29) is 11.3 Å². The Morgan fingerprint density at radius 2 is 0.940 bits per heavy atom. The van der Waals surface area contributed by atoms with Crippen LogP contribution >= 0.6 is 11.3 Å². The van der Waals surface area contributed by atoms with Crippen LogP contribution in [-0.4, -0.2) is 4.57 Å². The quantitative estimate of drug-likeness (QED) is 0.155. The lowest BCUT2D eigenvalue weighted by Crippen LogP contribution is -2.33. The topological polar surface area (TPSA) is 4.93 Å². The molecule has 0 saturated carbocycles. The van der Waals surface area contributed by atoms with E-state index in [0.717, 1.165) is 0 Å². The minimum Gasteiger partial charge on any atom is -0.309 e. The van der Waals surface area contributed by atoms with Gasteiger partial charge in [-0.25, -0.2) is 0 Å². The lowest BCUT2D eigenvalue weighted by atomic mass is 9.65. The van der Waals surface area contributed by atoms with Gasteiger partial charge in [-0.15, -0.1) is 11.3 Å². The lowest BCUT2D eigenvalue weighted by Gasteiger charge is -2.40. The van der Waals surface area contributed by atoms with E-state index in [9.17, 15) is 0 Å². The minimum atomic E-state index is -0.525. The molecule has 0 bridgehead atoms. The van der Waals surface area contributed by atoms with Crippen LogP contribution in [0.15, 0.2) is 218 Å².